The third kappa shape index (κ3) is 4.27. The third-order valence-electron chi connectivity index (χ3n) is 5.35. The summed E-state index contributed by atoms with van der Waals surface area (Å²) >= 11 is 6.25. The van der Waals surface area contributed by atoms with Crippen LogP contribution in [0.3, 0.4) is 0 Å². The number of benzene rings is 1. The van der Waals surface area contributed by atoms with E-state index in [1.807, 2.05) is 19.2 Å². The highest BCUT2D eigenvalue weighted by Crippen LogP contribution is 2.30. The molecule has 6 heteroatoms. The summed E-state index contributed by atoms with van der Waals surface area (Å²) in [5.41, 5.74) is 1.37. The van der Waals surface area contributed by atoms with Crippen LogP contribution in [0, 0.1) is 5.92 Å². The van der Waals surface area contributed by atoms with Crippen molar-refractivity contribution in [3.63, 3.8) is 0 Å². The molecule has 2 atom stereocenters. The van der Waals surface area contributed by atoms with E-state index in [4.69, 9.17) is 11.6 Å². The van der Waals surface area contributed by atoms with Crippen molar-refractivity contribution in [2.24, 2.45) is 13.0 Å². The van der Waals surface area contributed by atoms with E-state index in [9.17, 15) is 9.90 Å². The number of aromatic nitrogens is 2. The van der Waals surface area contributed by atoms with E-state index in [1.165, 1.54) is 0 Å². The van der Waals surface area contributed by atoms with Crippen molar-refractivity contribution < 1.29 is 9.90 Å². The quantitative estimate of drug-likeness (QED) is 0.798. The molecule has 0 aliphatic heterocycles. The van der Waals surface area contributed by atoms with E-state index >= 15 is 0 Å². The highest BCUT2D eigenvalue weighted by molar-refractivity contribution is 6.34. The SMILES string of the molecule is C[C@H]1CCCC(O)(CNC(=O)c2cc(-c3ccnn3C)ccc2Cl)CC1. The minimum atomic E-state index is -0.827. The summed E-state index contributed by atoms with van der Waals surface area (Å²) in [4.78, 5) is 12.7. The summed E-state index contributed by atoms with van der Waals surface area (Å²) in [5, 5.41) is 18.3. The number of hydrogen-bond acceptors (Lipinski definition) is 3. The first-order chi connectivity index (χ1) is 12.4. The van der Waals surface area contributed by atoms with E-state index in [1.54, 1.807) is 23.0 Å². The van der Waals surface area contributed by atoms with Gasteiger partial charge in [-0.1, -0.05) is 37.4 Å². The van der Waals surface area contributed by atoms with Gasteiger partial charge in [0.05, 0.1) is 21.9 Å². The minimum absolute atomic E-state index is 0.255. The molecule has 0 spiro atoms. The molecule has 2 aromatic rings. The minimum Gasteiger partial charge on any atom is -0.388 e. The second-order valence-corrected chi connectivity index (χ2v) is 7.88. The molecule has 1 unspecified atom stereocenters. The third-order valence-corrected chi connectivity index (χ3v) is 5.68. The lowest BCUT2D eigenvalue weighted by Gasteiger charge is -2.27. The Balaban J connectivity index is 1.72. The van der Waals surface area contributed by atoms with Crippen LogP contribution < -0.4 is 5.32 Å². The predicted molar refractivity (Wildman–Crippen MR) is 103 cm³/mol. The number of aliphatic hydroxyl groups is 1. The van der Waals surface area contributed by atoms with Gasteiger partial charge in [-0.15, -0.1) is 0 Å². The average Bonchev–Trinajstić information content (AvgIpc) is 2.96. The molecule has 1 fully saturated rings. The molecule has 26 heavy (non-hydrogen) atoms. The monoisotopic (exact) mass is 375 g/mol. The van der Waals surface area contributed by atoms with Crippen molar-refractivity contribution in [3.8, 4) is 11.3 Å². The normalized spacial score (nSPS) is 23.5. The van der Waals surface area contributed by atoms with Crippen LogP contribution in [0.2, 0.25) is 5.02 Å². The standard InChI is InChI=1S/C20H26ClN3O2/c1-14-4-3-9-20(26,10-7-14)13-22-19(25)16-12-15(5-6-17(16)21)18-8-11-23-24(18)2/h5-6,8,11-12,14,26H,3-4,7,9-10,13H2,1-2H3,(H,22,25)/t14-,20?/m0/s1. The second kappa shape index (κ2) is 7.80. The number of nitrogens with zero attached hydrogens (tertiary/aromatic N) is 2. The highest BCUT2D eigenvalue weighted by Gasteiger charge is 2.30. The maximum atomic E-state index is 12.7. The molecular weight excluding hydrogens is 350 g/mol. The number of carbonyl (C=O) groups excluding carboxylic acids is 1. The largest absolute Gasteiger partial charge is 0.388 e. The Bertz CT molecular complexity index is 789. The number of halogens is 1. The molecule has 1 aliphatic carbocycles. The summed E-state index contributed by atoms with van der Waals surface area (Å²) in [6, 6.07) is 7.26. The Kier molecular flexibility index (Phi) is 5.68. The van der Waals surface area contributed by atoms with Gasteiger partial charge in [0, 0.05) is 25.4 Å². The van der Waals surface area contributed by atoms with E-state index < -0.39 is 5.60 Å². The van der Waals surface area contributed by atoms with Crippen LogP contribution in [-0.4, -0.2) is 32.9 Å². The molecule has 0 bridgehead atoms. The van der Waals surface area contributed by atoms with Crippen LogP contribution in [0.5, 0.6) is 0 Å². The Morgan fingerprint density at radius 2 is 2.19 bits per heavy atom. The molecule has 1 aromatic heterocycles. The van der Waals surface area contributed by atoms with Gasteiger partial charge in [0.2, 0.25) is 0 Å². The number of carbonyl (C=O) groups is 1. The zero-order valence-electron chi connectivity index (χ0n) is 15.3. The molecule has 2 N–H and O–H groups in total. The molecule has 1 heterocycles. The topological polar surface area (TPSA) is 67.2 Å². The van der Waals surface area contributed by atoms with Gasteiger partial charge in [0.1, 0.15) is 0 Å². The Morgan fingerprint density at radius 3 is 2.92 bits per heavy atom. The van der Waals surface area contributed by atoms with Crippen LogP contribution in [0.1, 0.15) is 49.4 Å². The zero-order chi connectivity index (χ0) is 18.7. The molecule has 1 saturated carbocycles. The number of nitrogens with one attached hydrogen (secondary N) is 1. The summed E-state index contributed by atoms with van der Waals surface area (Å²) in [6.07, 6.45) is 6.27. The molecule has 0 radical (unpaired) electrons. The van der Waals surface area contributed by atoms with Gasteiger partial charge < -0.3 is 10.4 Å². The number of aryl methyl sites for hydroxylation is 1. The van der Waals surface area contributed by atoms with Gasteiger partial charge >= 0.3 is 0 Å². The van der Waals surface area contributed by atoms with Crippen molar-refractivity contribution in [1.29, 1.82) is 0 Å². The van der Waals surface area contributed by atoms with Gasteiger partial charge in [0.15, 0.2) is 0 Å². The van der Waals surface area contributed by atoms with Crippen molar-refractivity contribution in [2.75, 3.05) is 6.54 Å². The maximum absolute atomic E-state index is 12.7. The van der Waals surface area contributed by atoms with Crippen LogP contribution in [0.4, 0.5) is 0 Å². The van der Waals surface area contributed by atoms with Gasteiger partial charge in [0.25, 0.3) is 5.91 Å². The molecular formula is C20H26ClN3O2. The lowest BCUT2D eigenvalue weighted by molar-refractivity contribution is 0.0238. The molecule has 1 amide bonds. The number of amides is 1. The molecule has 3 rings (SSSR count). The van der Waals surface area contributed by atoms with Crippen molar-refractivity contribution in [2.45, 2.75) is 44.6 Å². The maximum Gasteiger partial charge on any atom is 0.252 e. The number of hydrogen-bond donors (Lipinski definition) is 2. The van der Waals surface area contributed by atoms with Gasteiger partial charge in [-0.25, -0.2) is 0 Å². The van der Waals surface area contributed by atoms with Crippen LogP contribution in [0.15, 0.2) is 30.5 Å². The molecule has 0 saturated heterocycles. The fraction of sp³-hybridized carbons (Fsp3) is 0.500. The van der Waals surface area contributed by atoms with Gasteiger partial charge in [-0.2, -0.15) is 5.10 Å². The zero-order valence-corrected chi connectivity index (χ0v) is 16.1. The lowest BCUT2D eigenvalue weighted by atomic mass is 9.93. The van der Waals surface area contributed by atoms with Crippen LogP contribution in [-0.2, 0) is 7.05 Å². The van der Waals surface area contributed by atoms with E-state index in [0.29, 0.717) is 16.5 Å². The highest BCUT2D eigenvalue weighted by atomic mass is 35.5. The van der Waals surface area contributed by atoms with Gasteiger partial charge in [-0.05, 0) is 43.4 Å². The average molecular weight is 376 g/mol. The van der Waals surface area contributed by atoms with E-state index in [2.05, 4.69) is 17.3 Å². The fourth-order valence-corrected chi connectivity index (χ4v) is 3.80. The second-order valence-electron chi connectivity index (χ2n) is 7.48. The van der Waals surface area contributed by atoms with Crippen molar-refractivity contribution in [3.05, 3.63) is 41.0 Å². The van der Waals surface area contributed by atoms with E-state index in [-0.39, 0.29) is 12.5 Å². The molecule has 5 nitrogen and oxygen atoms in total. The van der Waals surface area contributed by atoms with Crippen molar-refractivity contribution >= 4 is 17.5 Å². The molecule has 140 valence electrons. The molecule has 1 aliphatic rings. The predicted octanol–water partition coefficient (Wildman–Crippen LogP) is 3.80. The first-order valence-electron chi connectivity index (χ1n) is 9.16. The lowest BCUT2D eigenvalue weighted by Crippen LogP contribution is -2.42. The Morgan fingerprint density at radius 1 is 1.38 bits per heavy atom. The van der Waals surface area contributed by atoms with Crippen LogP contribution in [0.25, 0.3) is 11.3 Å². The summed E-state index contributed by atoms with van der Waals surface area (Å²) < 4.78 is 1.75. The first-order valence-corrected chi connectivity index (χ1v) is 9.54. The smallest absolute Gasteiger partial charge is 0.252 e. The van der Waals surface area contributed by atoms with E-state index in [0.717, 1.165) is 43.4 Å². The first kappa shape index (κ1) is 18.9. The number of rotatable bonds is 4. The molecule has 1 aromatic carbocycles. The van der Waals surface area contributed by atoms with Crippen molar-refractivity contribution in [1.82, 2.24) is 15.1 Å². The van der Waals surface area contributed by atoms with Gasteiger partial charge in [-0.3, -0.25) is 9.48 Å². The summed E-state index contributed by atoms with van der Waals surface area (Å²) in [6.45, 7) is 2.47. The fourth-order valence-electron chi connectivity index (χ4n) is 3.60. The summed E-state index contributed by atoms with van der Waals surface area (Å²) in [5.74, 6) is 0.370. The van der Waals surface area contributed by atoms with Crippen LogP contribution >= 0.6 is 11.6 Å². The summed E-state index contributed by atoms with van der Waals surface area (Å²) in [7, 11) is 1.85. The Hall–Kier alpha value is -1.85. The Labute approximate surface area is 159 Å².